The van der Waals surface area contributed by atoms with Gasteiger partial charge in [0.05, 0.1) is 12.2 Å². The monoisotopic (exact) mass is 272 g/mol. The Hall–Kier alpha value is -1.34. The van der Waals surface area contributed by atoms with E-state index in [1.165, 1.54) is 4.90 Å². The SMILES string of the molecule is CCOC1CC(NC(=O)N2CC(O)C[C@H]2C(=O)O)C1. The fourth-order valence-electron chi connectivity index (χ4n) is 2.59. The van der Waals surface area contributed by atoms with E-state index in [2.05, 4.69) is 5.32 Å². The summed E-state index contributed by atoms with van der Waals surface area (Å²) in [6.07, 6.45) is 1.04. The van der Waals surface area contributed by atoms with Gasteiger partial charge in [-0.3, -0.25) is 0 Å². The van der Waals surface area contributed by atoms with E-state index in [-0.39, 0.29) is 25.1 Å². The van der Waals surface area contributed by atoms with Gasteiger partial charge in [0, 0.05) is 25.6 Å². The lowest BCUT2D eigenvalue weighted by Crippen LogP contribution is -2.54. The smallest absolute Gasteiger partial charge is 0.326 e. The van der Waals surface area contributed by atoms with Crippen molar-refractivity contribution in [3.63, 3.8) is 0 Å². The number of nitrogens with zero attached hydrogens (tertiary/aromatic N) is 1. The number of aliphatic carboxylic acids is 1. The van der Waals surface area contributed by atoms with Crippen LogP contribution in [0.5, 0.6) is 0 Å². The molecule has 1 saturated carbocycles. The molecule has 1 heterocycles. The number of carbonyl (C=O) groups is 2. The zero-order valence-electron chi connectivity index (χ0n) is 10.9. The first kappa shape index (κ1) is 14.1. The first-order chi connectivity index (χ1) is 9.01. The number of hydrogen-bond acceptors (Lipinski definition) is 4. The number of carboxylic acid groups (broad SMARTS) is 1. The van der Waals surface area contributed by atoms with Gasteiger partial charge in [-0.25, -0.2) is 9.59 Å². The van der Waals surface area contributed by atoms with E-state index in [4.69, 9.17) is 9.84 Å². The Kier molecular flexibility index (Phi) is 4.26. The second kappa shape index (κ2) is 5.75. The van der Waals surface area contributed by atoms with Gasteiger partial charge in [-0.2, -0.15) is 0 Å². The van der Waals surface area contributed by atoms with Crippen LogP contribution in [0.3, 0.4) is 0 Å². The predicted octanol–water partition coefficient (Wildman–Crippen LogP) is -0.217. The van der Waals surface area contributed by atoms with Crippen LogP contribution in [0.15, 0.2) is 0 Å². The van der Waals surface area contributed by atoms with Crippen LogP contribution in [-0.2, 0) is 9.53 Å². The van der Waals surface area contributed by atoms with E-state index in [0.717, 1.165) is 12.8 Å². The summed E-state index contributed by atoms with van der Waals surface area (Å²) < 4.78 is 5.39. The quantitative estimate of drug-likeness (QED) is 0.657. The normalized spacial score (nSPS) is 33.9. The lowest BCUT2D eigenvalue weighted by molar-refractivity contribution is -0.141. The second-order valence-electron chi connectivity index (χ2n) is 5.09. The highest BCUT2D eigenvalue weighted by molar-refractivity contribution is 5.83. The molecule has 2 rings (SSSR count). The Bertz CT molecular complexity index is 356. The lowest BCUT2D eigenvalue weighted by atomic mass is 9.89. The molecule has 2 atom stereocenters. The van der Waals surface area contributed by atoms with Crippen LogP contribution < -0.4 is 5.32 Å². The van der Waals surface area contributed by atoms with Crippen LogP contribution in [0.2, 0.25) is 0 Å². The molecule has 19 heavy (non-hydrogen) atoms. The van der Waals surface area contributed by atoms with Crippen LogP contribution in [0.4, 0.5) is 4.79 Å². The van der Waals surface area contributed by atoms with Crippen molar-refractivity contribution in [3.8, 4) is 0 Å². The number of rotatable bonds is 4. The lowest BCUT2D eigenvalue weighted by Gasteiger charge is -2.36. The highest BCUT2D eigenvalue weighted by Crippen LogP contribution is 2.24. The summed E-state index contributed by atoms with van der Waals surface area (Å²) in [6.45, 7) is 2.66. The zero-order chi connectivity index (χ0) is 14.0. The van der Waals surface area contributed by atoms with E-state index < -0.39 is 24.1 Å². The summed E-state index contributed by atoms with van der Waals surface area (Å²) >= 11 is 0. The molecule has 7 heteroatoms. The van der Waals surface area contributed by atoms with E-state index in [1.54, 1.807) is 0 Å². The van der Waals surface area contributed by atoms with Crippen LogP contribution in [0, 0.1) is 0 Å². The summed E-state index contributed by atoms with van der Waals surface area (Å²) in [5.74, 6) is -1.08. The molecule has 3 N–H and O–H groups in total. The third kappa shape index (κ3) is 3.16. The number of carbonyl (C=O) groups excluding carboxylic acids is 1. The number of aliphatic hydroxyl groups is 1. The molecular formula is C12H20N2O5. The van der Waals surface area contributed by atoms with Crippen molar-refractivity contribution in [2.24, 2.45) is 0 Å². The first-order valence-electron chi connectivity index (χ1n) is 6.60. The molecule has 1 unspecified atom stereocenters. The number of amides is 2. The van der Waals surface area contributed by atoms with Crippen LogP contribution in [0.1, 0.15) is 26.2 Å². The maximum Gasteiger partial charge on any atom is 0.326 e. The average molecular weight is 272 g/mol. The number of likely N-dealkylation sites (tertiary alicyclic amines) is 1. The van der Waals surface area contributed by atoms with Crippen molar-refractivity contribution >= 4 is 12.0 Å². The molecule has 2 amide bonds. The molecular weight excluding hydrogens is 252 g/mol. The first-order valence-corrected chi connectivity index (χ1v) is 6.60. The van der Waals surface area contributed by atoms with Gasteiger partial charge in [0.15, 0.2) is 0 Å². The standard InChI is InChI=1S/C12H20N2O5/c1-2-19-9-3-7(4-9)13-12(18)14-6-8(15)5-10(14)11(16)17/h7-10,15H,2-6H2,1H3,(H,13,18)(H,16,17)/t7?,8?,9?,10-/m0/s1. The minimum atomic E-state index is -1.08. The zero-order valence-corrected chi connectivity index (χ0v) is 10.9. The number of aliphatic hydroxyl groups excluding tert-OH is 1. The van der Waals surface area contributed by atoms with Crippen molar-refractivity contribution in [2.75, 3.05) is 13.2 Å². The fraction of sp³-hybridized carbons (Fsp3) is 0.833. The minimum Gasteiger partial charge on any atom is -0.480 e. The third-order valence-corrected chi connectivity index (χ3v) is 3.65. The molecule has 0 bridgehead atoms. The van der Waals surface area contributed by atoms with E-state index >= 15 is 0 Å². The van der Waals surface area contributed by atoms with Crippen molar-refractivity contribution in [1.29, 1.82) is 0 Å². The van der Waals surface area contributed by atoms with Gasteiger partial charge in [-0.1, -0.05) is 0 Å². The van der Waals surface area contributed by atoms with Gasteiger partial charge in [0.25, 0.3) is 0 Å². The van der Waals surface area contributed by atoms with Crippen molar-refractivity contribution in [3.05, 3.63) is 0 Å². The summed E-state index contributed by atoms with van der Waals surface area (Å²) in [7, 11) is 0. The maximum absolute atomic E-state index is 12.0. The Balaban J connectivity index is 1.81. The van der Waals surface area contributed by atoms with Gasteiger partial charge in [0.2, 0.25) is 0 Å². The van der Waals surface area contributed by atoms with Crippen LogP contribution >= 0.6 is 0 Å². The van der Waals surface area contributed by atoms with Crippen molar-refractivity contribution in [2.45, 2.75) is 50.5 Å². The summed E-state index contributed by atoms with van der Waals surface area (Å²) in [6, 6.07) is -1.31. The number of β-amino-alcohol motifs (C(OH)–C–C–N with tert-alkyl or cyclic N) is 1. The highest BCUT2D eigenvalue weighted by Gasteiger charge is 2.40. The van der Waals surface area contributed by atoms with E-state index in [0.29, 0.717) is 6.61 Å². The second-order valence-corrected chi connectivity index (χ2v) is 5.09. The number of carboxylic acids is 1. The fourth-order valence-corrected chi connectivity index (χ4v) is 2.59. The van der Waals surface area contributed by atoms with Crippen LogP contribution in [-0.4, -0.2) is 64.6 Å². The molecule has 1 aliphatic heterocycles. The predicted molar refractivity (Wildman–Crippen MR) is 65.7 cm³/mol. The number of nitrogens with one attached hydrogen (secondary N) is 1. The third-order valence-electron chi connectivity index (χ3n) is 3.65. The number of hydrogen-bond donors (Lipinski definition) is 3. The van der Waals surface area contributed by atoms with Crippen molar-refractivity contribution < 1.29 is 24.5 Å². The van der Waals surface area contributed by atoms with Crippen molar-refractivity contribution in [1.82, 2.24) is 10.2 Å². The van der Waals surface area contributed by atoms with Gasteiger partial charge in [-0.05, 0) is 19.8 Å². The van der Waals surface area contributed by atoms with Gasteiger partial charge in [0.1, 0.15) is 6.04 Å². The van der Waals surface area contributed by atoms with Gasteiger partial charge in [-0.15, -0.1) is 0 Å². The molecule has 1 saturated heterocycles. The topological polar surface area (TPSA) is 99.1 Å². The van der Waals surface area contributed by atoms with E-state index in [1.807, 2.05) is 6.92 Å². The maximum atomic E-state index is 12.0. The van der Waals surface area contributed by atoms with Gasteiger partial charge >= 0.3 is 12.0 Å². The summed E-state index contributed by atoms with van der Waals surface area (Å²) in [5.41, 5.74) is 0. The number of ether oxygens (including phenoxy) is 1. The molecule has 7 nitrogen and oxygen atoms in total. The largest absolute Gasteiger partial charge is 0.480 e. The highest BCUT2D eigenvalue weighted by atomic mass is 16.5. The molecule has 0 aromatic rings. The summed E-state index contributed by atoms with van der Waals surface area (Å²) in [5, 5.41) is 21.3. The summed E-state index contributed by atoms with van der Waals surface area (Å²) in [4.78, 5) is 24.2. The van der Waals surface area contributed by atoms with E-state index in [9.17, 15) is 14.7 Å². The van der Waals surface area contributed by atoms with Crippen LogP contribution in [0.25, 0.3) is 0 Å². The molecule has 0 aromatic heterocycles. The Morgan fingerprint density at radius 2 is 2.05 bits per heavy atom. The average Bonchev–Trinajstić information content (AvgIpc) is 2.68. The molecule has 108 valence electrons. The molecule has 2 fully saturated rings. The molecule has 0 radical (unpaired) electrons. The minimum absolute atomic E-state index is 0.0382. The Labute approximate surface area is 111 Å². The van der Waals surface area contributed by atoms with Gasteiger partial charge < -0.3 is 25.2 Å². The molecule has 1 aliphatic carbocycles. The Morgan fingerprint density at radius 3 is 2.63 bits per heavy atom. The molecule has 0 spiro atoms. The number of urea groups is 1. The molecule has 2 aliphatic rings. The molecule has 0 aromatic carbocycles. The Morgan fingerprint density at radius 1 is 1.37 bits per heavy atom.